The maximum absolute atomic E-state index is 5.84. The number of halogens is 1. The summed E-state index contributed by atoms with van der Waals surface area (Å²) in [6, 6.07) is 4.06. The maximum atomic E-state index is 5.84. The minimum absolute atomic E-state index is 0.118. The molecule has 2 rings (SSSR count). The molecular weight excluding hydrogens is 258 g/mol. The summed E-state index contributed by atoms with van der Waals surface area (Å²) in [5.41, 5.74) is 2.15. The Hall–Kier alpha value is -0.580. The molecule has 15 heavy (non-hydrogen) atoms. The number of fused-ring (bicyclic) bond motifs is 1. The van der Waals surface area contributed by atoms with Crippen LogP contribution in [0.25, 0.3) is 0 Å². The van der Waals surface area contributed by atoms with Gasteiger partial charge in [-0.3, -0.25) is 4.84 Å². The van der Waals surface area contributed by atoms with Gasteiger partial charge in [-0.2, -0.15) is 0 Å². The molecule has 1 heterocycles. The normalized spacial score (nSPS) is 17.3. The molecule has 2 N–H and O–H groups in total. The van der Waals surface area contributed by atoms with E-state index >= 15 is 0 Å². The van der Waals surface area contributed by atoms with E-state index < -0.39 is 0 Å². The van der Waals surface area contributed by atoms with Gasteiger partial charge < -0.3 is 4.74 Å². The fourth-order valence-electron chi connectivity index (χ4n) is 1.91. The number of benzene rings is 1. The molecule has 0 saturated heterocycles. The fourth-order valence-corrected chi connectivity index (χ4v) is 2.54. The van der Waals surface area contributed by atoms with Gasteiger partial charge in [-0.05, 0) is 53.0 Å². The largest absolute Gasteiger partial charge is 0.486 e. The Bertz CT molecular complexity index is 390. The number of hydrogen-bond donors (Lipinski definition) is 1. The summed E-state index contributed by atoms with van der Waals surface area (Å²) in [5, 5.41) is 0. The lowest BCUT2D eigenvalue weighted by Gasteiger charge is -2.17. The van der Waals surface area contributed by atoms with Crippen LogP contribution in [-0.2, 0) is 17.9 Å². The third-order valence-corrected chi connectivity index (χ3v) is 3.01. The smallest absolute Gasteiger partial charge is 0.137 e. The predicted octanol–water partition coefficient (Wildman–Crippen LogP) is 2.55. The molecule has 4 heteroatoms. The highest BCUT2D eigenvalue weighted by Crippen LogP contribution is 2.41. The van der Waals surface area contributed by atoms with E-state index in [4.69, 9.17) is 10.6 Å². The van der Waals surface area contributed by atoms with Crippen molar-refractivity contribution >= 4 is 15.9 Å². The Morgan fingerprint density at radius 2 is 2.27 bits per heavy atom. The van der Waals surface area contributed by atoms with Crippen molar-refractivity contribution in [2.24, 2.45) is 5.90 Å². The molecule has 1 aliphatic rings. The molecule has 1 aromatic rings. The summed E-state index contributed by atoms with van der Waals surface area (Å²) >= 11 is 3.50. The van der Waals surface area contributed by atoms with Crippen molar-refractivity contribution in [3.8, 4) is 5.75 Å². The number of rotatable bonds is 2. The van der Waals surface area contributed by atoms with Crippen molar-refractivity contribution in [2.45, 2.75) is 32.5 Å². The third-order valence-electron chi connectivity index (χ3n) is 2.42. The minimum Gasteiger partial charge on any atom is -0.486 e. The van der Waals surface area contributed by atoms with Gasteiger partial charge in [0.1, 0.15) is 11.4 Å². The lowest BCUT2D eigenvalue weighted by molar-refractivity contribution is 0.124. The molecule has 1 aliphatic heterocycles. The van der Waals surface area contributed by atoms with E-state index in [0.717, 1.165) is 22.2 Å². The van der Waals surface area contributed by atoms with Gasteiger partial charge in [-0.25, -0.2) is 5.90 Å². The zero-order valence-corrected chi connectivity index (χ0v) is 10.4. The lowest BCUT2D eigenvalue weighted by Crippen LogP contribution is -2.24. The van der Waals surface area contributed by atoms with Crippen molar-refractivity contribution in [2.75, 3.05) is 0 Å². The number of hydrogen-bond acceptors (Lipinski definition) is 3. The van der Waals surface area contributed by atoms with E-state index in [-0.39, 0.29) is 5.60 Å². The SMILES string of the molecule is CC1(C)Cc2cc(CON)cc(Br)c2O1. The van der Waals surface area contributed by atoms with E-state index in [0.29, 0.717) is 6.61 Å². The second-order valence-electron chi connectivity index (χ2n) is 4.42. The van der Waals surface area contributed by atoms with Crippen LogP contribution in [0.5, 0.6) is 5.75 Å². The minimum atomic E-state index is -0.118. The first-order chi connectivity index (χ1) is 7.02. The Morgan fingerprint density at radius 1 is 1.53 bits per heavy atom. The van der Waals surface area contributed by atoms with Crippen molar-refractivity contribution < 1.29 is 9.57 Å². The van der Waals surface area contributed by atoms with Gasteiger partial charge in [0.05, 0.1) is 11.1 Å². The average molecular weight is 272 g/mol. The van der Waals surface area contributed by atoms with Gasteiger partial charge in [-0.15, -0.1) is 0 Å². The maximum Gasteiger partial charge on any atom is 0.137 e. The number of ether oxygens (including phenoxy) is 1. The molecule has 1 aromatic carbocycles. The van der Waals surface area contributed by atoms with Crippen LogP contribution in [0, 0.1) is 0 Å². The first-order valence-electron chi connectivity index (χ1n) is 4.84. The highest BCUT2D eigenvalue weighted by atomic mass is 79.9. The van der Waals surface area contributed by atoms with Crippen LogP contribution in [-0.4, -0.2) is 5.60 Å². The highest BCUT2D eigenvalue weighted by molar-refractivity contribution is 9.10. The summed E-state index contributed by atoms with van der Waals surface area (Å²) in [6.45, 7) is 4.59. The van der Waals surface area contributed by atoms with E-state index in [1.54, 1.807) is 0 Å². The second-order valence-corrected chi connectivity index (χ2v) is 5.27. The molecule has 0 aliphatic carbocycles. The van der Waals surface area contributed by atoms with Gasteiger partial charge in [0.25, 0.3) is 0 Å². The van der Waals surface area contributed by atoms with E-state index in [9.17, 15) is 0 Å². The topological polar surface area (TPSA) is 44.5 Å². The first-order valence-corrected chi connectivity index (χ1v) is 5.63. The molecule has 0 saturated carbocycles. The molecule has 0 atom stereocenters. The van der Waals surface area contributed by atoms with E-state index in [2.05, 4.69) is 40.7 Å². The summed E-state index contributed by atoms with van der Waals surface area (Å²) in [7, 11) is 0. The van der Waals surface area contributed by atoms with Crippen LogP contribution in [0.15, 0.2) is 16.6 Å². The second kappa shape index (κ2) is 3.77. The van der Waals surface area contributed by atoms with Crippen LogP contribution in [0.3, 0.4) is 0 Å². The van der Waals surface area contributed by atoms with Crippen molar-refractivity contribution in [3.63, 3.8) is 0 Å². The standard InChI is InChI=1S/C11H14BrNO2/c1-11(2)5-8-3-7(6-14-13)4-9(12)10(8)15-11/h3-4H,5-6,13H2,1-2H3. The Labute approximate surface area is 97.6 Å². The third kappa shape index (κ3) is 2.17. The Balaban J connectivity index is 2.38. The molecule has 82 valence electrons. The van der Waals surface area contributed by atoms with Crippen LogP contribution in [0.2, 0.25) is 0 Å². The first kappa shape index (κ1) is 10.9. The quantitative estimate of drug-likeness (QED) is 0.841. The zero-order chi connectivity index (χ0) is 11.1. The molecule has 0 amide bonds. The summed E-state index contributed by atoms with van der Waals surface area (Å²) in [4.78, 5) is 4.63. The molecule has 0 fully saturated rings. The molecular formula is C11H14BrNO2. The molecule has 0 unspecified atom stereocenters. The van der Waals surface area contributed by atoms with E-state index in [1.807, 2.05) is 6.07 Å². The van der Waals surface area contributed by atoms with Crippen molar-refractivity contribution in [1.82, 2.24) is 0 Å². The van der Waals surface area contributed by atoms with Crippen LogP contribution < -0.4 is 10.6 Å². The monoisotopic (exact) mass is 271 g/mol. The van der Waals surface area contributed by atoms with Gasteiger partial charge in [0.2, 0.25) is 0 Å². The summed E-state index contributed by atoms with van der Waals surface area (Å²) in [6.07, 6.45) is 0.916. The van der Waals surface area contributed by atoms with Crippen LogP contribution in [0.1, 0.15) is 25.0 Å². The fraction of sp³-hybridized carbons (Fsp3) is 0.455. The Kier molecular flexibility index (Phi) is 2.75. The molecule has 3 nitrogen and oxygen atoms in total. The molecule has 0 spiro atoms. The summed E-state index contributed by atoms with van der Waals surface area (Å²) in [5.74, 6) is 6.01. The molecule has 0 bridgehead atoms. The molecule has 0 aromatic heterocycles. The van der Waals surface area contributed by atoms with Gasteiger partial charge in [0, 0.05) is 6.42 Å². The zero-order valence-electron chi connectivity index (χ0n) is 8.84. The lowest BCUT2D eigenvalue weighted by atomic mass is 10.0. The van der Waals surface area contributed by atoms with Crippen LogP contribution >= 0.6 is 15.9 Å². The molecule has 0 radical (unpaired) electrons. The Morgan fingerprint density at radius 3 is 2.93 bits per heavy atom. The van der Waals surface area contributed by atoms with Gasteiger partial charge in [0.15, 0.2) is 0 Å². The van der Waals surface area contributed by atoms with E-state index in [1.165, 1.54) is 5.56 Å². The number of nitrogens with two attached hydrogens (primary N) is 1. The van der Waals surface area contributed by atoms with Gasteiger partial charge in [-0.1, -0.05) is 0 Å². The highest BCUT2D eigenvalue weighted by Gasteiger charge is 2.31. The summed E-state index contributed by atoms with van der Waals surface area (Å²) < 4.78 is 6.81. The van der Waals surface area contributed by atoms with Gasteiger partial charge >= 0.3 is 0 Å². The predicted molar refractivity (Wildman–Crippen MR) is 61.5 cm³/mol. The van der Waals surface area contributed by atoms with Crippen molar-refractivity contribution in [1.29, 1.82) is 0 Å². The average Bonchev–Trinajstić information content (AvgIpc) is 2.41. The van der Waals surface area contributed by atoms with Crippen molar-refractivity contribution in [3.05, 3.63) is 27.7 Å². The van der Waals surface area contributed by atoms with Crippen LogP contribution in [0.4, 0.5) is 0 Å².